The van der Waals surface area contributed by atoms with Crippen LogP contribution in [0.2, 0.25) is 0 Å². The van der Waals surface area contributed by atoms with Crippen LogP contribution in [-0.4, -0.2) is 10.6 Å². The number of thiophene rings is 1. The van der Waals surface area contributed by atoms with Crippen LogP contribution in [0.15, 0.2) is 29.6 Å². The monoisotopic (exact) mass is 282 g/mol. The highest BCUT2D eigenvalue weighted by atomic mass is 79.9. The van der Waals surface area contributed by atoms with Crippen molar-refractivity contribution < 1.29 is 4.79 Å². The number of ketones is 1. The summed E-state index contributed by atoms with van der Waals surface area (Å²) in [5.41, 5.74) is 0.847. The first-order valence-electron chi connectivity index (χ1n) is 4.88. The lowest BCUT2D eigenvalue weighted by Gasteiger charge is -2.03. The molecule has 1 atom stereocenters. The van der Waals surface area contributed by atoms with Gasteiger partial charge in [0, 0.05) is 21.0 Å². The highest BCUT2D eigenvalue weighted by molar-refractivity contribution is 9.10. The van der Waals surface area contributed by atoms with Crippen LogP contribution in [0.25, 0.3) is 10.1 Å². The molecule has 0 bridgehead atoms. The minimum Gasteiger partial charge on any atom is -0.293 e. The van der Waals surface area contributed by atoms with Gasteiger partial charge in [-0.3, -0.25) is 4.79 Å². The summed E-state index contributed by atoms with van der Waals surface area (Å²) < 4.78 is 1.18. The zero-order valence-corrected chi connectivity index (χ0v) is 10.8. The average Bonchev–Trinajstić information content (AvgIpc) is 2.70. The molecule has 1 unspecified atom stereocenters. The highest BCUT2D eigenvalue weighted by Crippen LogP contribution is 2.28. The van der Waals surface area contributed by atoms with Crippen LogP contribution in [0.3, 0.4) is 0 Å². The van der Waals surface area contributed by atoms with E-state index < -0.39 is 0 Å². The van der Waals surface area contributed by atoms with Crippen molar-refractivity contribution in [2.45, 2.75) is 18.2 Å². The number of halogens is 1. The lowest BCUT2D eigenvalue weighted by molar-refractivity contribution is 0.0992. The molecule has 78 valence electrons. The number of carbonyl (C=O) groups excluding carboxylic acids is 1. The van der Waals surface area contributed by atoms with E-state index in [1.165, 1.54) is 4.70 Å². The molecular weight excluding hydrogens is 272 g/mol. The van der Waals surface area contributed by atoms with Crippen molar-refractivity contribution in [3.8, 4) is 0 Å². The number of carbonyl (C=O) groups is 1. The van der Waals surface area contributed by atoms with Gasteiger partial charge in [0.15, 0.2) is 5.78 Å². The Morgan fingerprint density at radius 2 is 2.20 bits per heavy atom. The fourth-order valence-electron chi connectivity index (χ4n) is 1.52. The van der Waals surface area contributed by atoms with E-state index in [0.717, 1.165) is 17.4 Å². The number of Topliss-reactive ketones (excluding diaryl/α,β-unsaturated/α-hetero) is 1. The zero-order valence-electron chi connectivity index (χ0n) is 8.37. The summed E-state index contributed by atoms with van der Waals surface area (Å²) in [7, 11) is 0. The third kappa shape index (κ3) is 1.99. The number of hydrogen-bond acceptors (Lipinski definition) is 2. The molecule has 0 fully saturated rings. The normalized spacial score (nSPS) is 12.9. The predicted octanol–water partition coefficient (Wildman–Crippen LogP) is 4.26. The molecule has 0 aliphatic rings. The smallest absolute Gasteiger partial charge is 0.177 e. The lowest BCUT2D eigenvalue weighted by atomic mass is 10.1. The molecule has 0 saturated carbocycles. The molecule has 0 aliphatic carbocycles. The van der Waals surface area contributed by atoms with E-state index >= 15 is 0 Å². The van der Waals surface area contributed by atoms with Gasteiger partial charge in [0.25, 0.3) is 0 Å². The molecule has 0 aliphatic heterocycles. The first-order chi connectivity index (χ1) is 7.24. The number of alkyl halides is 1. The predicted molar refractivity (Wildman–Crippen MR) is 69.2 cm³/mol. The van der Waals surface area contributed by atoms with E-state index in [1.807, 2.05) is 36.6 Å². The average molecular weight is 283 g/mol. The molecule has 0 amide bonds. The maximum atomic E-state index is 12.0. The van der Waals surface area contributed by atoms with Crippen LogP contribution in [0.4, 0.5) is 0 Å². The Morgan fingerprint density at radius 1 is 1.47 bits per heavy atom. The van der Waals surface area contributed by atoms with Gasteiger partial charge in [-0.2, -0.15) is 0 Å². The SMILES string of the molecule is CCC(Br)C(=O)c1csc2ccccc12. The Labute approximate surface area is 101 Å². The quantitative estimate of drug-likeness (QED) is 0.607. The van der Waals surface area contributed by atoms with Crippen molar-refractivity contribution in [3.63, 3.8) is 0 Å². The van der Waals surface area contributed by atoms with Crippen molar-refractivity contribution in [2.24, 2.45) is 0 Å². The second-order valence-electron chi connectivity index (χ2n) is 3.39. The Balaban J connectivity index is 2.48. The summed E-state index contributed by atoms with van der Waals surface area (Å²) in [6.45, 7) is 2.01. The number of fused-ring (bicyclic) bond motifs is 1. The van der Waals surface area contributed by atoms with Crippen molar-refractivity contribution in [1.82, 2.24) is 0 Å². The van der Waals surface area contributed by atoms with Crippen LogP contribution >= 0.6 is 27.3 Å². The summed E-state index contributed by atoms with van der Waals surface area (Å²) in [6.07, 6.45) is 0.822. The van der Waals surface area contributed by atoms with E-state index in [0.29, 0.717) is 0 Å². The van der Waals surface area contributed by atoms with E-state index in [4.69, 9.17) is 0 Å². The fraction of sp³-hybridized carbons (Fsp3) is 0.250. The van der Waals surface area contributed by atoms with Crippen LogP contribution in [0.5, 0.6) is 0 Å². The van der Waals surface area contributed by atoms with E-state index in [1.54, 1.807) is 11.3 Å². The van der Waals surface area contributed by atoms with Crippen LogP contribution < -0.4 is 0 Å². The van der Waals surface area contributed by atoms with Gasteiger partial charge < -0.3 is 0 Å². The topological polar surface area (TPSA) is 17.1 Å². The molecule has 1 aromatic carbocycles. The molecule has 1 heterocycles. The third-order valence-electron chi connectivity index (χ3n) is 2.39. The molecule has 0 spiro atoms. The number of rotatable bonds is 3. The molecule has 0 radical (unpaired) electrons. The second-order valence-corrected chi connectivity index (χ2v) is 5.40. The van der Waals surface area contributed by atoms with E-state index in [9.17, 15) is 4.79 Å². The zero-order chi connectivity index (χ0) is 10.8. The first kappa shape index (κ1) is 10.8. The van der Waals surface area contributed by atoms with Gasteiger partial charge in [0.05, 0.1) is 4.83 Å². The van der Waals surface area contributed by atoms with Crippen molar-refractivity contribution in [3.05, 3.63) is 35.2 Å². The molecule has 2 aromatic rings. The van der Waals surface area contributed by atoms with E-state index in [-0.39, 0.29) is 10.6 Å². The van der Waals surface area contributed by atoms with Gasteiger partial charge in [-0.15, -0.1) is 11.3 Å². The minimum atomic E-state index is -0.0597. The summed E-state index contributed by atoms with van der Waals surface area (Å²) in [6, 6.07) is 8.03. The van der Waals surface area contributed by atoms with Crippen LogP contribution in [0.1, 0.15) is 23.7 Å². The van der Waals surface area contributed by atoms with Crippen molar-refractivity contribution in [2.75, 3.05) is 0 Å². The molecule has 3 heteroatoms. The molecule has 1 nitrogen and oxygen atoms in total. The molecule has 1 aromatic heterocycles. The van der Waals surface area contributed by atoms with Crippen LogP contribution in [-0.2, 0) is 0 Å². The third-order valence-corrected chi connectivity index (χ3v) is 4.42. The molecule has 0 saturated heterocycles. The van der Waals surface area contributed by atoms with Gasteiger partial charge in [-0.25, -0.2) is 0 Å². The Bertz CT molecular complexity index is 489. The van der Waals surface area contributed by atoms with Gasteiger partial charge in [-0.05, 0) is 12.5 Å². The van der Waals surface area contributed by atoms with Crippen molar-refractivity contribution >= 4 is 43.1 Å². The standard InChI is InChI=1S/C12H11BrOS/c1-2-10(13)12(14)9-7-15-11-6-4-3-5-8(9)11/h3-7,10H,2H2,1H3. The number of hydrogen-bond donors (Lipinski definition) is 0. The molecule has 2 rings (SSSR count). The summed E-state index contributed by atoms with van der Waals surface area (Å²) in [4.78, 5) is 12.0. The maximum absolute atomic E-state index is 12.0. The maximum Gasteiger partial charge on any atom is 0.177 e. The minimum absolute atomic E-state index is 0.0597. The summed E-state index contributed by atoms with van der Waals surface area (Å²) in [5.74, 6) is 0.190. The largest absolute Gasteiger partial charge is 0.293 e. The van der Waals surface area contributed by atoms with Gasteiger partial charge in [0.2, 0.25) is 0 Å². The van der Waals surface area contributed by atoms with E-state index in [2.05, 4.69) is 15.9 Å². The summed E-state index contributed by atoms with van der Waals surface area (Å²) >= 11 is 5.03. The lowest BCUT2D eigenvalue weighted by Crippen LogP contribution is -2.12. The Kier molecular flexibility index (Phi) is 3.22. The van der Waals surface area contributed by atoms with Crippen molar-refractivity contribution in [1.29, 1.82) is 0 Å². The molecular formula is C12H11BrOS. The Hall–Kier alpha value is -0.670. The van der Waals surface area contributed by atoms with Gasteiger partial charge in [0.1, 0.15) is 0 Å². The number of benzene rings is 1. The van der Waals surface area contributed by atoms with Gasteiger partial charge in [-0.1, -0.05) is 41.1 Å². The second kappa shape index (κ2) is 4.45. The first-order valence-corrected chi connectivity index (χ1v) is 6.68. The van der Waals surface area contributed by atoms with Gasteiger partial charge >= 0.3 is 0 Å². The summed E-state index contributed by atoms with van der Waals surface area (Å²) in [5, 5.41) is 3.03. The Morgan fingerprint density at radius 3 is 2.93 bits per heavy atom. The fourth-order valence-corrected chi connectivity index (χ4v) is 2.72. The van der Waals surface area contributed by atoms with Crippen LogP contribution in [0, 0.1) is 0 Å². The molecule has 15 heavy (non-hydrogen) atoms. The molecule has 0 N–H and O–H groups in total. The highest BCUT2D eigenvalue weighted by Gasteiger charge is 2.18.